The van der Waals surface area contributed by atoms with E-state index in [0.29, 0.717) is 34.2 Å². The van der Waals surface area contributed by atoms with E-state index in [1.54, 1.807) is 48.1 Å². The third-order valence-electron chi connectivity index (χ3n) is 6.69. The van der Waals surface area contributed by atoms with Crippen molar-refractivity contribution < 1.29 is 19.5 Å². The Labute approximate surface area is 215 Å². The Morgan fingerprint density at radius 2 is 1.94 bits per heavy atom. The number of anilines is 1. The SMILES string of the molecule is C=CCn1nccc1C(=O)N[C@H](C(=O)Nc1ccc(-c2c(Cl)cc[n+](O)c2C)cc1)C1CCCCC1. The van der Waals surface area contributed by atoms with Gasteiger partial charge in [-0.1, -0.05) is 49.1 Å². The summed E-state index contributed by atoms with van der Waals surface area (Å²) in [7, 11) is 0. The van der Waals surface area contributed by atoms with Crippen LogP contribution in [0, 0.1) is 12.8 Å². The highest BCUT2D eigenvalue weighted by atomic mass is 35.5. The van der Waals surface area contributed by atoms with Crippen LogP contribution in [0.3, 0.4) is 0 Å². The molecule has 4 rings (SSSR count). The van der Waals surface area contributed by atoms with E-state index in [1.807, 2.05) is 12.1 Å². The van der Waals surface area contributed by atoms with Gasteiger partial charge in [-0.25, -0.2) is 0 Å². The zero-order valence-electron chi connectivity index (χ0n) is 20.3. The van der Waals surface area contributed by atoms with Crippen LogP contribution in [0.5, 0.6) is 0 Å². The van der Waals surface area contributed by atoms with Gasteiger partial charge < -0.3 is 10.6 Å². The second-order valence-corrected chi connectivity index (χ2v) is 9.48. The van der Waals surface area contributed by atoms with Crippen molar-refractivity contribution in [3.8, 4) is 11.1 Å². The Morgan fingerprint density at radius 1 is 1.22 bits per heavy atom. The summed E-state index contributed by atoms with van der Waals surface area (Å²) in [5.74, 6) is -0.523. The van der Waals surface area contributed by atoms with Crippen molar-refractivity contribution in [2.45, 2.75) is 51.6 Å². The van der Waals surface area contributed by atoms with Crippen LogP contribution in [0.1, 0.15) is 48.3 Å². The average molecular weight is 509 g/mol. The number of halogens is 1. The molecule has 1 atom stereocenters. The maximum Gasteiger partial charge on any atom is 0.270 e. The molecule has 0 aliphatic heterocycles. The molecular weight excluding hydrogens is 478 g/mol. The second kappa shape index (κ2) is 11.4. The zero-order chi connectivity index (χ0) is 25.7. The number of aromatic nitrogens is 3. The van der Waals surface area contributed by atoms with E-state index < -0.39 is 6.04 Å². The van der Waals surface area contributed by atoms with Crippen LogP contribution in [0.15, 0.2) is 61.4 Å². The van der Waals surface area contributed by atoms with E-state index >= 15 is 0 Å². The van der Waals surface area contributed by atoms with Crippen molar-refractivity contribution in [2.75, 3.05) is 5.32 Å². The highest BCUT2D eigenvalue weighted by Crippen LogP contribution is 2.31. The molecule has 36 heavy (non-hydrogen) atoms. The molecule has 3 aromatic rings. The maximum atomic E-state index is 13.4. The lowest BCUT2D eigenvalue weighted by Crippen LogP contribution is -2.49. The van der Waals surface area contributed by atoms with Crippen LogP contribution in [-0.2, 0) is 11.3 Å². The van der Waals surface area contributed by atoms with E-state index in [0.717, 1.165) is 42.4 Å². The molecule has 1 aliphatic rings. The van der Waals surface area contributed by atoms with Crippen molar-refractivity contribution in [2.24, 2.45) is 5.92 Å². The molecule has 1 aromatic carbocycles. The number of pyridine rings is 1. The molecule has 9 heteroatoms. The van der Waals surface area contributed by atoms with Gasteiger partial charge in [0, 0.05) is 29.6 Å². The third kappa shape index (κ3) is 5.60. The number of allylic oxidation sites excluding steroid dienone is 1. The molecule has 0 unspecified atom stereocenters. The summed E-state index contributed by atoms with van der Waals surface area (Å²) >= 11 is 6.36. The molecule has 1 fully saturated rings. The minimum Gasteiger partial charge on any atom is -0.339 e. The molecule has 0 radical (unpaired) electrons. The van der Waals surface area contributed by atoms with Gasteiger partial charge in [-0.15, -0.1) is 6.58 Å². The van der Waals surface area contributed by atoms with Gasteiger partial charge in [-0.2, -0.15) is 5.10 Å². The Morgan fingerprint density at radius 3 is 2.64 bits per heavy atom. The normalized spacial score (nSPS) is 14.7. The second-order valence-electron chi connectivity index (χ2n) is 9.07. The van der Waals surface area contributed by atoms with Crippen LogP contribution in [0.4, 0.5) is 5.69 Å². The number of carbonyl (C=O) groups is 2. The lowest BCUT2D eigenvalue weighted by Gasteiger charge is -2.30. The number of amides is 2. The van der Waals surface area contributed by atoms with E-state index in [2.05, 4.69) is 22.3 Å². The quantitative estimate of drug-likeness (QED) is 0.236. The number of benzene rings is 1. The molecule has 2 amide bonds. The Bertz CT molecular complexity index is 1250. The first kappa shape index (κ1) is 25.4. The number of hydrogen-bond donors (Lipinski definition) is 3. The van der Waals surface area contributed by atoms with Crippen molar-refractivity contribution >= 4 is 29.1 Å². The number of rotatable bonds is 8. The molecule has 2 aromatic heterocycles. The standard InChI is InChI=1S/C27H30ClN5O3/c1-3-16-32-23(13-15-29-32)26(34)31-25(20-7-5-4-6-8-20)27(35)30-21-11-9-19(10-12-21)24-18(2)33(36)17-14-22(24)28/h3,9-15,17,20,25H,1,4-8,16H2,2H3,(H2-,30,31,34,35,36)/p+1/t25-/m0/s1. The van der Waals surface area contributed by atoms with Crippen LogP contribution in [0.2, 0.25) is 5.02 Å². The molecule has 188 valence electrons. The molecule has 3 N–H and O–H groups in total. The highest BCUT2D eigenvalue weighted by molar-refractivity contribution is 6.33. The fourth-order valence-electron chi connectivity index (χ4n) is 4.78. The van der Waals surface area contributed by atoms with Crippen molar-refractivity contribution in [1.29, 1.82) is 0 Å². The molecular formula is C27H31ClN5O3+. The first-order chi connectivity index (χ1) is 17.4. The summed E-state index contributed by atoms with van der Waals surface area (Å²) in [5.41, 5.74) is 3.13. The molecule has 2 heterocycles. The van der Waals surface area contributed by atoms with Crippen molar-refractivity contribution in [1.82, 2.24) is 15.1 Å². The Balaban J connectivity index is 1.52. The predicted molar refractivity (Wildman–Crippen MR) is 138 cm³/mol. The topological polar surface area (TPSA) is 100 Å². The van der Waals surface area contributed by atoms with Gasteiger partial charge in [0.2, 0.25) is 17.8 Å². The fraction of sp³-hybridized carbons (Fsp3) is 0.333. The number of nitrogens with one attached hydrogen (secondary N) is 2. The van der Waals surface area contributed by atoms with Crippen molar-refractivity contribution in [3.05, 3.63) is 77.9 Å². The number of hydrogen-bond acceptors (Lipinski definition) is 4. The minimum atomic E-state index is -0.663. The largest absolute Gasteiger partial charge is 0.339 e. The monoisotopic (exact) mass is 508 g/mol. The van der Waals surface area contributed by atoms with E-state index in [1.165, 1.54) is 6.20 Å². The minimum absolute atomic E-state index is 0.0588. The summed E-state index contributed by atoms with van der Waals surface area (Å²) < 4.78 is 2.58. The van der Waals surface area contributed by atoms with Gasteiger partial charge >= 0.3 is 0 Å². The van der Waals surface area contributed by atoms with Crippen LogP contribution >= 0.6 is 11.6 Å². The van der Waals surface area contributed by atoms with Gasteiger partial charge in [0.1, 0.15) is 11.7 Å². The highest BCUT2D eigenvalue weighted by Gasteiger charge is 2.32. The van der Waals surface area contributed by atoms with E-state index in [-0.39, 0.29) is 17.7 Å². The fourth-order valence-corrected chi connectivity index (χ4v) is 5.08. The van der Waals surface area contributed by atoms with Crippen molar-refractivity contribution in [3.63, 3.8) is 0 Å². The van der Waals surface area contributed by atoms with Gasteiger partial charge in [0.15, 0.2) is 0 Å². The van der Waals surface area contributed by atoms with Gasteiger partial charge in [0.05, 0.1) is 17.1 Å². The number of nitrogens with zero attached hydrogens (tertiary/aromatic N) is 3. The van der Waals surface area contributed by atoms with Crippen LogP contribution in [-0.4, -0.2) is 32.8 Å². The summed E-state index contributed by atoms with van der Waals surface area (Å²) in [6, 6.07) is 9.85. The predicted octanol–water partition coefficient (Wildman–Crippen LogP) is 4.54. The zero-order valence-corrected chi connectivity index (χ0v) is 21.0. The third-order valence-corrected chi connectivity index (χ3v) is 7.00. The summed E-state index contributed by atoms with van der Waals surface area (Å²) in [4.78, 5) is 26.5. The lowest BCUT2D eigenvalue weighted by molar-refractivity contribution is -0.908. The molecule has 8 nitrogen and oxygen atoms in total. The van der Waals surface area contributed by atoms with Gasteiger partial charge in [0.25, 0.3) is 5.91 Å². The lowest BCUT2D eigenvalue weighted by atomic mass is 9.83. The Hall–Kier alpha value is -3.65. The van der Waals surface area contributed by atoms with Gasteiger partial charge in [-0.3, -0.25) is 19.5 Å². The van der Waals surface area contributed by atoms with Crippen LogP contribution in [0.25, 0.3) is 11.1 Å². The maximum absolute atomic E-state index is 13.4. The van der Waals surface area contributed by atoms with Crippen LogP contribution < -0.4 is 15.4 Å². The molecule has 1 aliphatic carbocycles. The Kier molecular flexibility index (Phi) is 8.05. The molecule has 0 saturated heterocycles. The number of carbonyl (C=O) groups excluding carboxylic acids is 2. The smallest absolute Gasteiger partial charge is 0.270 e. The molecule has 0 bridgehead atoms. The van der Waals surface area contributed by atoms with E-state index in [4.69, 9.17) is 11.6 Å². The molecule has 0 spiro atoms. The first-order valence-corrected chi connectivity index (χ1v) is 12.5. The van der Waals surface area contributed by atoms with Gasteiger partial charge in [-0.05, 0) is 42.5 Å². The van der Waals surface area contributed by atoms with E-state index in [9.17, 15) is 14.8 Å². The average Bonchev–Trinajstić information content (AvgIpc) is 3.35. The first-order valence-electron chi connectivity index (χ1n) is 12.1. The summed E-state index contributed by atoms with van der Waals surface area (Å²) in [6.07, 6.45) is 9.70. The summed E-state index contributed by atoms with van der Waals surface area (Å²) in [5, 5.41) is 20.6. The summed E-state index contributed by atoms with van der Waals surface area (Å²) in [6.45, 7) is 5.89. The molecule has 1 saturated carbocycles.